The number of aryl methyl sites for hydroxylation is 1. The van der Waals surface area contributed by atoms with Crippen molar-refractivity contribution in [3.63, 3.8) is 0 Å². The molecular weight excluding hydrogens is 591 g/mol. The van der Waals surface area contributed by atoms with Crippen molar-refractivity contribution in [2.24, 2.45) is 0 Å². The summed E-state index contributed by atoms with van der Waals surface area (Å²) in [5.74, 6) is 0. The zero-order valence-corrected chi connectivity index (χ0v) is 26.2. The maximum absolute atomic E-state index is 11.8. The van der Waals surface area contributed by atoms with Gasteiger partial charge in [0.15, 0.2) is 0 Å². The van der Waals surface area contributed by atoms with Crippen molar-refractivity contribution in [3.05, 3.63) is 75.7 Å². The van der Waals surface area contributed by atoms with Crippen molar-refractivity contribution in [1.29, 1.82) is 5.41 Å². The molecule has 0 radical (unpaired) electrons. The molecule has 1 aliphatic carbocycles. The maximum atomic E-state index is 11.8. The molecule has 0 aliphatic heterocycles. The first-order chi connectivity index (χ1) is 15.9. The van der Waals surface area contributed by atoms with Gasteiger partial charge in [-0.25, -0.2) is 16.8 Å². The van der Waals surface area contributed by atoms with Crippen LogP contribution in [0.2, 0.25) is 0 Å². The average Bonchev–Trinajstić information content (AvgIpc) is 2.70. The van der Waals surface area contributed by atoms with E-state index in [1.807, 2.05) is 0 Å². The van der Waals surface area contributed by atoms with Crippen LogP contribution in [0.3, 0.4) is 0 Å². The third kappa shape index (κ3) is 8.34. The summed E-state index contributed by atoms with van der Waals surface area (Å²) in [4.78, 5) is -2.39. The Kier molecular flexibility index (Phi) is 13.4. The van der Waals surface area contributed by atoms with Crippen molar-refractivity contribution in [3.8, 4) is 0 Å². The summed E-state index contributed by atoms with van der Waals surface area (Å²) in [7, 11) is -15.0. The van der Waals surface area contributed by atoms with Crippen molar-refractivity contribution in [1.82, 2.24) is 0 Å². The average molecular weight is 610 g/mol. The number of rotatable bonds is 5. The van der Waals surface area contributed by atoms with Gasteiger partial charge >= 0.3 is 88.7 Å². The number of hydrogen-bond donors (Lipinski definition) is 4. The van der Waals surface area contributed by atoms with E-state index in [2.05, 4.69) is 0 Å². The second kappa shape index (κ2) is 13.5. The molecule has 0 heterocycles. The van der Waals surface area contributed by atoms with Crippen LogP contribution in [0.25, 0.3) is 5.57 Å². The Bertz CT molecular complexity index is 1720. The molecule has 18 heteroatoms. The van der Waals surface area contributed by atoms with E-state index in [-0.39, 0.29) is 128 Å². The zero-order valence-electron chi connectivity index (χ0n) is 19.7. The van der Waals surface area contributed by atoms with E-state index >= 15 is 0 Å². The predicted molar refractivity (Wildman–Crippen MR) is 132 cm³/mol. The van der Waals surface area contributed by atoms with Crippen LogP contribution in [0.4, 0.5) is 11.4 Å². The van der Waals surface area contributed by atoms with Crippen LogP contribution in [-0.2, 0) is 30.4 Å². The molecule has 0 unspecified atom stereocenters. The van der Waals surface area contributed by atoms with Gasteiger partial charge in [0.1, 0.15) is 25.1 Å². The molecule has 2 aromatic carbocycles. The first-order valence-electron chi connectivity index (χ1n) is 9.34. The minimum atomic E-state index is -5.07. The standard InChI is InChI=1S/C20H19N3O9S3.3Na.H/c1-10-6-13(9-18(20(10)23)35(30,31)32)19(11-2-4-14(21)16(7-11)33(24,25)26)12-3-5-15(22)17(8-12)34(27,28)29;;;;/h2-9,21H,22-23H2,1H3,(H,24,25,26)(H,27,28,29)(H,30,31,32);;;;/q;;2*+1;/p-2/b19-11-,21-14?;;;;. The number of nitrogens with one attached hydrogen (secondary N) is 1. The summed E-state index contributed by atoms with van der Waals surface area (Å²) in [5, 5.41) is 7.77. The van der Waals surface area contributed by atoms with Gasteiger partial charge in [0, 0.05) is 5.69 Å². The van der Waals surface area contributed by atoms with Gasteiger partial charge in [0.25, 0.3) is 10.1 Å². The Morgan fingerprint density at radius 1 is 0.868 bits per heavy atom. The van der Waals surface area contributed by atoms with Gasteiger partial charge in [-0.15, -0.1) is 0 Å². The van der Waals surface area contributed by atoms with E-state index in [0.29, 0.717) is 0 Å². The van der Waals surface area contributed by atoms with Crippen LogP contribution in [0.15, 0.2) is 68.8 Å². The zero-order chi connectivity index (χ0) is 26.5. The number of hydrogen-bond acceptors (Lipinski definition) is 11. The summed E-state index contributed by atoms with van der Waals surface area (Å²) in [6.45, 7) is 1.40. The van der Waals surface area contributed by atoms with E-state index in [0.717, 1.165) is 30.4 Å². The molecule has 0 fully saturated rings. The molecule has 0 saturated heterocycles. The quantitative estimate of drug-likeness (QED) is 0.141. The van der Waals surface area contributed by atoms with Crippen LogP contribution in [0, 0.1) is 12.3 Å². The number of nitrogens with two attached hydrogens (primary N) is 2. The monoisotopic (exact) mass is 609 g/mol. The van der Waals surface area contributed by atoms with E-state index in [1.165, 1.54) is 25.1 Å². The summed E-state index contributed by atoms with van der Waals surface area (Å²) in [6, 6.07) is 5.52. The summed E-state index contributed by atoms with van der Waals surface area (Å²) in [5.41, 5.74) is 10.1. The molecule has 2 aromatic rings. The molecule has 0 saturated carbocycles. The van der Waals surface area contributed by atoms with Crippen molar-refractivity contribution < 1.29 is 98.0 Å². The molecule has 188 valence electrons. The Labute approximate surface area is 286 Å². The van der Waals surface area contributed by atoms with Gasteiger partial charge in [-0.3, -0.25) is 9.96 Å². The number of benzene rings is 2. The molecule has 38 heavy (non-hydrogen) atoms. The molecule has 6 N–H and O–H groups in total. The van der Waals surface area contributed by atoms with Crippen LogP contribution in [0.1, 0.15) is 16.7 Å². The molecule has 0 bridgehead atoms. The van der Waals surface area contributed by atoms with Crippen molar-refractivity contribution >= 4 is 82.6 Å². The van der Waals surface area contributed by atoms with Gasteiger partial charge in [0.2, 0.25) is 0 Å². The van der Waals surface area contributed by atoms with Crippen LogP contribution in [0.5, 0.6) is 0 Å². The summed E-state index contributed by atoms with van der Waals surface area (Å²) < 4.78 is 104. The fourth-order valence-corrected chi connectivity index (χ4v) is 5.37. The van der Waals surface area contributed by atoms with Crippen molar-refractivity contribution in [2.75, 3.05) is 11.5 Å². The normalized spacial score (nSPS) is 14.9. The second-order valence-electron chi connectivity index (χ2n) is 7.43. The van der Waals surface area contributed by atoms with E-state index in [4.69, 9.17) is 16.9 Å². The Balaban J connectivity index is 0.00000456. The molecule has 0 aromatic heterocycles. The number of nitrogen functional groups attached to an aromatic ring is 2. The topological polar surface area (TPSA) is 245 Å². The fraction of sp³-hybridized carbons (Fsp3) is 0.0500. The second-order valence-corrected chi connectivity index (χ2v) is 11.5. The molecule has 0 amide bonds. The van der Waals surface area contributed by atoms with Gasteiger partial charge < -0.3 is 20.6 Å². The van der Waals surface area contributed by atoms with E-state index < -0.39 is 50.8 Å². The molecule has 0 spiro atoms. The van der Waals surface area contributed by atoms with Gasteiger partial charge in [-0.2, -0.15) is 8.42 Å². The SMILES string of the molecule is Cc1cc(/C(=C2/C=CC(=N)C(S(=O)(=O)O)=C2)c2ccc(N)c(S(=O)(=O)[O-])c2)cc(S(=O)(=O)[O-])c1N.[Na+].[Na+].[NaH]. The summed E-state index contributed by atoms with van der Waals surface area (Å²) >= 11 is 0. The first-order valence-corrected chi connectivity index (χ1v) is 13.6. The van der Waals surface area contributed by atoms with Crippen LogP contribution >= 0.6 is 0 Å². The van der Waals surface area contributed by atoms with Crippen LogP contribution < -0.4 is 70.6 Å². The van der Waals surface area contributed by atoms with Gasteiger partial charge in [-0.05, 0) is 71.2 Å². The summed E-state index contributed by atoms with van der Waals surface area (Å²) in [6.07, 6.45) is 3.16. The Morgan fingerprint density at radius 3 is 1.89 bits per heavy atom. The molecule has 0 atom stereocenters. The number of allylic oxidation sites excluding steroid dienone is 5. The van der Waals surface area contributed by atoms with E-state index in [1.54, 1.807) is 0 Å². The Morgan fingerprint density at radius 2 is 1.39 bits per heavy atom. The third-order valence-electron chi connectivity index (χ3n) is 5.03. The first kappa shape index (κ1) is 37.7. The molecular formula is C20H18N3Na3O9S3. The molecule has 3 rings (SSSR count). The minimum absolute atomic E-state index is 0. The molecule has 1 aliphatic rings. The van der Waals surface area contributed by atoms with Gasteiger partial charge in [-0.1, -0.05) is 12.1 Å². The molecule has 12 nitrogen and oxygen atoms in total. The van der Waals surface area contributed by atoms with Crippen molar-refractivity contribution in [2.45, 2.75) is 16.7 Å². The third-order valence-corrected chi connectivity index (χ3v) is 7.69. The van der Waals surface area contributed by atoms with Crippen LogP contribution in [-0.4, -0.2) is 74.2 Å². The number of anilines is 2. The van der Waals surface area contributed by atoms with E-state index in [9.17, 15) is 38.9 Å². The Hall–Kier alpha value is -0.340. The van der Waals surface area contributed by atoms with Gasteiger partial charge in [0.05, 0.1) is 21.2 Å². The predicted octanol–water partition coefficient (Wildman–Crippen LogP) is -5.51. The fourth-order valence-electron chi connectivity index (χ4n) is 3.41.